The summed E-state index contributed by atoms with van der Waals surface area (Å²) in [6.07, 6.45) is 1.47. The lowest BCUT2D eigenvalue weighted by Gasteiger charge is -2.33. The Morgan fingerprint density at radius 3 is 2.40 bits per heavy atom. The van der Waals surface area contributed by atoms with Gasteiger partial charge in [0.15, 0.2) is 0 Å². The number of hydrogen-bond acceptors (Lipinski definition) is 3. The Bertz CT molecular complexity index is 619. The molecule has 0 atom stereocenters. The summed E-state index contributed by atoms with van der Waals surface area (Å²) < 4.78 is 40.7. The summed E-state index contributed by atoms with van der Waals surface area (Å²) in [6.45, 7) is 10.4. The number of benzene rings is 1. The Morgan fingerprint density at radius 1 is 1.40 bits per heavy atom. The van der Waals surface area contributed by atoms with Gasteiger partial charge in [0.05, 0.1) is 0 Å². The molecule has 0 bridgehead atoms. The average molecular weight is 300 g/mol. The van der Waals surface area contributed by atoms with Crippen LogP contribution in [0, 0.1) is 12.7 Å². The van der Waals surface area contributed by atoms with Crippen LogP contribution in [-0.4, -0.2) is 24.8 Å². The number of hydrogen-bond donors (Lipinski definition) is 1. The summed E-state index contributed by atoms with van der Waals surface area (Å²) in [7, 11) is -3.99. The molecule has 2 N–H and O–H groups in total. The zero-order valence-electron chi connectivity index (χ0n) is 12.3. The normalized spacial score (nSPS) is 12.7. The Hall–Kier alpha value is -1.40. The molecule has 0 heterocycles. The van der Waals surface area contributed by atoms with E-state index in [1.165, 1.54) is 23.4 Å². The molecule has 0 aliphatic heterocycles. The molecule has 1 aromatic carbocycles. The molecule has 0 saturated heterocycles. The number of nitrogens with zero attached hydrogens (tertiary/aromatic N) is 1. The predicted octanol–water partition coefficient (Wildman–Crippen LogP) is 2.69. The third-order valence-corrected chi connectivity index (χ3v) is 4.98. The quantitative estimate of drug-likeness (QED) is 0.687. The molecule has 6 heteroatoms. The maximum Gasteiger partial charge on any atom is 0.246 e. The van der Waals surface area contributed by atoms with Gasteiger partial charge in [0.25, 0.3) is 0 Å². The highest BCUT2D eigenvalue weighted by atomic mass is 32.2. The van der Waals surface area contributed by atoms with E-state index >= 15 is 0 Å². The van der Waals surface area contributed by atoms with Crippen molar-refractivity contribution in [1.29, 1.82) is 0 Å². The van der Waals surface area contributed by atoms with Crippen LogP contribution in [0.1, 0.15) is 26.3 Å². The molecule has 1 aromatic rings. The van der Waals surface area contributed by atoms with Crippen molar-refractivity contribution in [3.63, 3.8) is 0 Å². The lowest BCUT2D eigenvalue weighted by molar-refractivity contribution is 0.269. The second-order valence-electron chi connectivity index (χ2n) is 5.65. The molecule has 0 aliphatic carbocycles. The molecule has 0 spiro atoms. The fourth-order valence-corrected chi connectivity index (χ4v) is 3.85. The van der Waals surface area contributed by atoms with Gasteiger partial charge in [0, 0.05) is 17.8 Å². The van der Waals surface area contributed by atoms with Crippen LogP contribution >= 0.6 is 0 Å². The average Bonchev–Trinajstić information content (AvgIpc) is 2.28. The Morgan fingerprint density at radius 2 is 1.95 bits per heavy atom. The number of aryl methyl sites for hydroxylation is 1. The zero-order valence-corrected chi connectivity index (χ0v) is 13.1. The van der Waals surface area contributed by atoms with Crippen molar-refractivity contribution >= 4 is 15.7 Å². The lowest BCUT2D eigenvalue weighted by atomic mass is 10.1. The van der Waals surface area contributed by atoms with Crippen LogP contribution in [0.25, 0.3) is 0 Å². The SMILES string of the molecule is C=CCN(C(C)(C)C)S(=O)(=O)c1cc(N)cc(C)c1F. The molecule has 0 saturated carbocycles. The summed E-state index contributed by atoms with van der Waals surface area (Å²) in [5, 5.41) is 0. The number of rotatable bonds is 4. The molecular weight excluding hydrogens is 279 g/mol. The molecule has 0 amide bonds. The van der Waals surface area contributed by atoms with Crippen LogP contribution in [0.3, 0.4) is 0 Å². The summed E-state index contributed by atoms with van der Waals surface area (Å²) in [4.78, 5) is -0.397. The predicted molar refractivity (Wildman–Crippen MR) is 79.4 cm³/mol. The maximum atomic E-state index is 14.2. The third kappa shape index (κ3) is 3.19. The molecule has 0 unspecified atom stereocenters. The van der Waals surface area contributed by atoms with E-state index in [1.54, 1.807) is 20.8 Å². The molecule has 0 aromatic heterocycles. The first-order chi connectivity index (χ1) is 9.01. The van der Waals surface area contributed by atoms with Crippen molar-refractivity contribution in [2.24, 2.45) is 0 Å². The van der Waals surface area contributed by atoms with E-state index < -0.39 is 26.3 Å². The number of sulfonamides is 1. The minimum atomic E-state index is -3.99. The van der Waals surface area contributed by atoms with Gasteiger partial charge in [-0.2, -0.15) is 4.31 Å². The molecular formula is C14H21FN2O2S. The minimum Gasteiger partial charge on any atom is -0.399 e. The van der Waals surface area contributed by atoms with Gasteiger partial charge in [0.2, 0.25) is 10.0 Å². The number of halogens is 1. The van der Waals surface area contributed by atoms with E-state index in [4.69, 9.17) is 5.73 Å². The number of anilines is 1. The highest BCUT2D eigenvalue weighted by molar-refractivity contribution is 7.89. The third-order valence-electron chi connectivity index (χ3n) is 2.85. The molecule has 1 rings (SSSR count). The Balaban J connectivity index is 3.53. The van der Waals surface area contributed by atoms with Crippen LogP contribution in [0.4, 0.5) is 10.1 Å². The van der Waals surface area contributed by atoms with Crippen LogP contribution in [0.5, 0.6) is 0 Å². The van der Waals surface area contributed by atoms with Gasteiger partial charge in [-0.1, -0.05) is 6.08 Å². The van der Waals surface area contributed by atoms with Gasteiger partial charge < -0.3 is 5.73 Å². The highest BCUT2D eigenvalue weighted by Crippen LogP contribution is 2.29. The van der Waals surface area contributed by atoms with Gasteiger partial charge >= 0.3 is 0 Å². The van der Waals surface area contributed by atoms with Crippen molar-refractivity contribution in [3.8, 4) is 0 Å². The van der Waals surface area contributed by atoms with Crippen LogP contribution < -0.4 is 5.73 Å². The van der Waals surface area contributed by atoms with Gasteiger partial charge in [0.1, 0.15) is 10.7 Å². The first kappa shape index (κ1) is 16.7. The summed E-state index contributed by atoms with van der Waals surface area (Å²) in [5.41, 5.74) is 5.36. The first-order valence-corrected chi connectivity index (χ1v) is 7.65. The van der Waals surface area contributed by atoms with E-state index in [2.05, 4.69) is 6.58 Å². The van der Waals surface area contributed by atoms with Crippen molar-refractivity contribution in [3.05, 3.63) is 36.2 Å². The molecule has 0 radical (unpaired) electrons. The zero-order chi connectivity index (χ0) is 15.7. The van der Waals surface area contributed by atoms with Gasteiger partial charge in [-0.15, -0.1) is 6.58 Å². The Labute approximate surface area is 120 Å². The molecule has 0 aliphatic rings. The van der Waals surface area contributed by atoms with E-state index in [0.29, 0.717) is 0 Å². The number of nitrogen functional groups attached to an aromatic ring is 1. The summed E-state index contributed by atoms with van der Waals surface area (Å²) >= 11 is 0. The van der Waals surface area contributed by atoms with Crippen LogP contribution in [0.15, 0.2) is 29.7 Å². The van der Waals surface area contributed by atoms with Crippen molar-refractivity contribution in [1.82, 2.24) is 4.31 Å². The summed E-state index contributed by atoms with van der Waals surface area (Å²) in [5.74, 6) is -0.766. The van der Waals surface area contributed by atoms with Crippen molar-refractivity contribution in [2.45, 2.75) is 38.1 Å². The summed E-state index contributed by atoms with van der Waals surface area (Å²) in [6, 6.07) is 2.56. The highest BCUT2D eigenvalue weighted by Gasteiger charge is 2.35. The molecule has 112 valence electrons. The number of nitrogens with two attached hydrogens (primary N) is 1. The van der Waals surface area contributed by atoms with Gasteiger partial charge in [-0.25, -0.2) is 12.8 Å². The fraction of sp³-hybridized carbons (Fsp3) is 0.429. The van der Waals surface area contributed by atoms with Crippen LogP contribution in [-0.2, 0) is 10.0 Å². The monoisotopic (exact) mass is 300 g/mol. The maximum absolute atomic E-state index is 14.2. The van der Waals surface area contributed by atoms with Crippen molar-refractivity contribution in [2.75, 3.05) is 12.3 Å². The second-order valence-corrected chi connectivity index (χ2v) is 7.48. The molecule has 0 fully saturated rings. The second kappa shape index (κ2) is 5.54. The van der Waals surface area contributed by atoms with E-state index in [-0.39, 0.29) is 17.8 Å². The smallest absolute Gasteiger partial charge is 0.246 e. The molecule has 20 heavy (non-hydrogen) atoms. The largest absolute Gasteiger partial charge is 0.399 e. The van der Waals surface area contributed by atoms with E-state index in [1.807, 2.05) is 0 Å². The topological polar surface area (TPSA) is 63.4 Å². The minimum absolute atomic E-state index is 0.0963. The van der Waals surface area contributed by atoms with Gasteiger partial charge in [-0.05, 0) is 45.4 Å². The molecule has 4 nitrogen and oxygen atoms in total. The van der Waals surface area contributed by atoms with Crippen molar-refractivity contribution < 1.29 is 12.8 Å². The first-order valence-electron chi connectivity index (χ1n) is 6.21. The van der Waals surface area contributed by atoms with E-state index in [0.717, 1.165) is 6.07 Å². The lowest BCUT2D eigenvalue weighted by Crippen LogP contribution is -2.45. The Kier molecular flexibility index (Phi) is 4.61. The van der Waals surface area contributed by atoms with Crippen LogP contribution in [0.2, 0.25) is 0 Å². The van der Waals surface area contributed by atoms with Gasteiger partial charge in [-0.3, -0.25) is 0 Å². The fourth-order valence-electron chi connectivity index (χ4n) is 1.92. The van der Waals surface area contributed by atoms with E-state index in [9.17, 15) is 12.8 Å². The standard InChI is InChI=1S/C14H21FN2O2S/c1-6-7-17(14(3,4)5)20(18,19)12-9-11(16)8-10(2)13(12)15/h6,8-9H,1,7,16H2,2-5H3.